The van der Waals surface area contributed by atoms with Crippen LogP contribution in [0.3, 0.4) is 0 Å². The van der Waals surface area contributed by atoms with E-state index in [2.05, 4.69) is 11.4 Å². The van der Waals surface area contributed by atoms with Crippen LogP contribution in [0.15, 0.2) is 36.4 Å². The van der Waals surface area contributed by atoms with Crippen LogP contribution < -0.4 is 5.32 Å². The zero-order valence-electron chi connectivity index (χ0n) is 12.5. The Morgan fingerprint density at radius 2 is 1.87 bits per heavy atom. The van der Waals surface area contributed by atoms with Crippen molar-refractivity contribution >= 4 is 52.5 Å². The average Bonchev–Trinajstić information content (AvgIpc) is 2.50. The van der Waals surface area contributed by atoms with Crippen molar-refractivity contribution in [2.24, 2.45) is 0 Å². The second kappa shape index (κ2) is 8.84. The third-order valence-electron chi connectivity index (χ3n) is 3.20. The zero-order chi connectivity index (χ0) is 16.8. The molecule has 0 fully saturated rings. The molecule has 23 heavy (non-hydrogen) atoms. The summed E-state index contributed by atoms with van der Waals surface area (Å²) in [6.45, 7) is 2.57. The van der Waals surface area contributed by atoms with E-state index in [1.165, 1.54) is 5.56 Å². The molecule has 0 atom stereocenters. The number of nitrogens with one attached hydrogen (secondary N) is 1. The first-order valence-corrected chi connectivity index (χ1v) is 9.32. The summed E-state index contributed by atoms with van der Waals surface area (Å²) in [6, 6.07) is 10.9. The van der Waals surface area contributed by atoms with E-state index in [0.29, 0.717) is 22.2 Å². The minimum atomic E-state index is -0.186. The van der Waals surface area contributed by atoms with E-state index in [4.69, 9.17) is 34.8 Å². The van der Waals surface area contributed by atoms with Gasteiger partial charge in [0.2, 0.25) is 0 Å². The zero-order valence-corrected chi connectivity index (χ0v) is 15.6. The number of benzene rings is 2. The van der Waals surface area contributed by atoms with Gasteiger partial charge in [-0.1, -0.05) is 46.9 Å². The fourth-order valence-electron chi connectivity index (χ4n) is 1.99. The van der Waals surface area contributed by atoms with Crippen molar-refractivity contribution in [2.75, 3.05) is 12.3 Å². The standard InChI is InChI=1S/C17H16Cl3NOS/c1-11-8-12(2-5-15(11)19)10-23-7-6-21-17(22)14-4-3-13(18)9-16(14)20/h2-5,8-9H,6-7,10H2,1H3,(H,21,22). The van der Waals surface area contributed by atoms with Crippen molar-refractivity contribution < 1.29 is 4.79 Å². The second-order valence-corrected chi connectivity index (χ2v) is 7.37. The first-order chi connectivity index (χ1) is 11.0. The molecule has 0 saturated carbocycles. The molecule has 0 aromatic heterocycles. The fraction of sp³-hybridized carbons (Fsp3) is 0.235. The van der Waals surface area contributed by atoms with E-state index in [1.54, 1.807) is 30.0 Å². The lowest BCUT2D eigenvalue weighted by molar-refractivity contribution is 0.0956. The summed E-state index contributed by atoms with van der Waals surface area (Å²) in [4.78, 5) is 12.0. The van der Waals surface area contributed by atoms with Gasteiger partial charge in [-0.2, -0.15) is 11.8 Å². The molecule has 6 heteroatoms. The molecule has 2 nitrogen and oxygen atoms in total. The lowest BCUT2D eigenvalue weighted by atomic mass is 10.2. The predicted octanol–water partition coefficient (Wildman–Crippen LogP) is 5.62. The highest BCUT2D eigenvalue weighted by molar-refractivity contribution is 7.98. The van der Waals surface area contributed by atoms with E-state index >= 15 is 0 Å². The molecule has 0 radical (unpaired) electrons. The Bertz CT molecular complexity index is 706. The topological polar surface area (TPSA) is 29.1 Å². The Hall–Kier alpha value is -0.870. The van der Waals surface area contributed by atoms with Crippen LogP contribution >= 0.6 is 46.6 Å². The number of hydrogen-bond acceptors (Lipinski definition) is 2. The SMILES string of the molecule is Cc1cc(CSCCNC(=O)c2ccc(Cl)cc2Cl)ccc1Cl. The largest absolute Gasteiger partial charge is 0.351 e. The van der Waals surface area contributed by atoms with Crippen molar-refractivity contribution in [2.45, 2.75) is 12.7 Å². The number of amides is 1. The van der Waals surface area contributed by atoms with Crippen LogP contribution in [-0.4, -0.2) is 18.2 Å². The maximum atomic E-state index is 12.0. The molecular formula is C17H16Cl3NOS. The number of aryl methyl sites for hydroxylation is 1. The average molecular weight is 389 g/mol. The third kappa shape index (κ3) is 5.61. The van der Waals surface area contributed by atoms with Crippen LogP contribution in [0.25, 0.3) is 0 Å². The Balaban J connectivity index is 1.74. The number of hydrogen-bond donors (Lipinski definition) is 1. The van der Waals surface area contributed by atoms with Gasteiger partial charge in [-0.3, -0.25) is 4.79 Å². The van der Waals surface area contributed by atoms with Crippen LogP contribution in [0.4, 0.5) is 0 Å². The van der Waals surface area contributed by atoms with Gasteiger partial charge < -0.3 is 5.32 Å². The molecule has 122 valence electrons. The van der Waals surface area contributed by atoms with Crippen LogP contribution in [0.1, 0.15) is 21.5 Å². The molecule has 0 saturated heterocycles. The normalized spacial score (nSPS) is 10.6. The van der Waals surface area contributed by atoms with Gasteiger partial charge in [0.15, 0.2) is 0 Å². The molecule has 2 aromatic carbocycles. The number of thioether (sulfide) groups is 1. The minimum Gasteiger partial charge on any atom is -0.351 e. The van der Waals surface area contributed by atoms with E-state index in [1.807, 2.05) is 19.1 Å². The molecule has 2 rings (SSSR count). The number of carbonyl (C=O) groups is 1. The summed E-state index contributed by atoms with van der Waals surface area (Å²) in [5, 5.41) is 4.52. The Morgan fingerprint density at radius 3 is 2.57 bits per heavy atom. The maximum absolute atomic E-state index is 12.0. The quantitative estimate of drug-likeness (QED) is 0.651. The first kappa shape index (κ1) is 18.5. The maximum Gasteiger partial charge on any atom is 0.252 e. The van der Waals surface area contributed by atoms with Gasteiger partial charge in [0.25, 0.3) is 5.91 Å². The van der Waals surface area contributed by atoms with E-state index in [0.717, 1.165) is 22.1 Å². The van der Waals surface area contributed by atoms with Gasteiger partial charge in [-0.15, -0.1) is 0 Å². The smallest absolute Gasteiger partial charge is 0.252 e. The van der Waals surface area contributed by atoms with Crippen LogP contribution in [0, 0.1) is 6.92 Å². The van der Waals surface area contributed by atoms with Crippen LogP contribution in [-0.2, 0) is 5.75 Å². The van der Waals surface area contributed by atoms with Gasteiger partial charge in [0.05, 0.1) is 10.6 Å². The molecule has 0 heterocycles. The first-order valence-electron chi connectivity index (χ1n) is 7.03. The molecular weight excluding hydrogens is 373 g/mol. The lowest BCUT2D eigenvalue weighted by Crippen LogP contribution is -2.26. The molecule has 1 amide bonds. The van der Waals surface area contributed by atoms with Crippen molar-refractivity contribution in [1.82, 2.24) is 5.32 Å². The predicted molar refractivity (Wildman–Crippen MR) is 101 cm³/mol. The van der Waals surface area contributed by atoms with Crippen LogP contribution in [0.2, 0.25) is 15.1 Å². The van der Waals surface area contributed by atoms with Crippen molar-refractivity contribution in [3.8, 4) is 0 Å². The molecule has 0 aliphatic rings. The highest BCUT2D eigenvalue weighted by Gasteiger charge is 2.09. The summed E-state index contributed by atoms with van der Waals surface area (Å²) in [5.74, 6) is 1.52. The third-order valence-corrected chi connectivity index (χ3v) is 5.20. The highest BCUT2D eigenvalue weighted by Crippen LogP contribution is 2.21. The molecule has 0 aliphatic carbocycles. The number of rotatable bonds is 6. The van der Waals surface area contributed by atoms with E-state index < -0.39 is 0 Å². The van der Waals surface area contributed by atoms with Crippen molar-refractivity contribution in [1.29, 1.82) is 0 Å². The molecule has 0 bridgehead atoms. The summed E-state index contributed by atoms with van der Waals surface area (Å²) in [6.07, 6.45) is 0. The molecule has 0 unspecified atom stereocenters. The van der Waals surface area contributed by atoms with Gasteiger partial charge in [0.1, 0.15) is 0 Å². The Morgan fingerprint density at radius 1 is 1.09 bits per heavy atom. The van der Waals surface area contributed by atoms with E-state index in [9.17, 15) is 4.79 Å². The molecule has 2 aromatic rings. The fourth-order valence-corrected chi connectivity index (χ4v) is 3.41. The van der Waals surface area contributed by atoms with Gasteiger partial charge >= 0.3 is 0 Å². The van der Waals surface area contributed by atoms with Gasteiger partial charge in [-0.05, 0) is 42.3 Å². The summed E-state index contributed by atoms with van der Waals surface area (Å²) in [5.41, 5.74) is 2.74. The van der Waals surface area contributed by atoms with E-state index in [-0.39, 0.29) is 5.91 Å². The summed E-state index contributed by atoms with van der Waals surface area (Å²) >= 11 is 19.6. The monoisotopic (exact) mass is 387 g/mol. The van der Waals surface area contributed by atoms with Crippen molar-refractivity contribution in [3.05, 3.63) is 68.2 Å². The number of halogens is 3. The van der Waals surface area contributed by atoms with Crippen LogP contribution in [0.5, 0.6) is 0 Å². The molecule has 0 aliphatic heterocycles. The van der Waals surface area contributed by atoms with Gasteiger partial charge in [0, 0.05) is 28.1 Å². The lowest BCUT2D eigenvalue weighted by Gasteiger charge is -2.08. The highest BCUT2D eigenvalue weighted by atomic mass is 35.5. The summed E-state index contributed by atoms with van der Waals surface area (Å²) < 4.78 is 0. The Kier molecular flexibility index (Phi) is 7.09. The van der Waals surface area contributed by atoms with Crippen molar-refractivity contribution in [3.63, 3.8) is 0 Å². The summed E-state index contributed by atoms with van der Waals surface area (Å²) in [7, 11) is 0. The molecule has 1 N–H and O–H groups in total. The molecule has 0 spiro atoms. The second-order valence-electron chi connectivity index (χ2n) is 5.02. The Labute approximate surface area is 155 Å². The number of carbonyl (C=O) groups excluding carboxylic acids is 1. The minimum absolute atomic E-state index is 0.186. The van der Waals surface area contributed by atoms with Gasteiger partial charge in [-0.25, -0.2) is 0 Å².